The molecule has 1 aromatic heterocycles. The summed E-state index contributed by atoms with van der Waals surface area (Å²) in [6.45, 7) is 1.64. The highest BCUT2D eigenvalue weighted by Crippen LogP contribution is 2.22. The Morgan fingerprint density at radius 1 is 1.27 bits per heavy atom. The Morgan fingerprint density at radius 2 is 2.04 bits per heavy atom. The first-order valence-corrected chi connectivity index (χ1v) is 8.82. The minimum absolute atomic E-state index is 0.200. The monoisotopic (exact) mass is 386 g/mol. The summed E-state index contributed by atoms with van der Waals surface area (Å²) < 4.78 is 41.9. The van der Waals surface area contributed by atoms with E-state index in [2.05, 4.69) is 20.6 Å². The number of hydrogen-bond donors (Lipinski definition) is 2. The first-order chi connectivity index (χ1) is 12.4. The van der Waals surface area contributed by atoms with E-state index in [0.717, 1.165) is 16.3 Å². The van der Waals surface area contributed by atoms with Gasteiger partial charge in [-0.1, -0.05) is 18.2 Å². The van der Waals surface area contributed by atoms with Crippen LogP contribution < -0.4 is 15.4 Å². The molecule has 0 atom stereocenters. The van der Waals surface area contributed by atoms with Gasteiger partial charge in [0.2, 0.25) is 0 Å². The number of aromatic nitrogens is 1. The highest BCUT2D eigenvalue weighted by Gasteiger charge is 2.28. The maximum Gasteiger partial charge on any atom is 0.422 e. The lowest BCUT2D eigenvalue weighted by Crippen LogP contribution is -2.38. The molecule has 1 heterocycles. The third-order valence-corrected chi connectivity index (χ3v) is 4.31. The molecule has 26 heavy (non-hydrogen) atoms. The van der Waals surface area contributed by atoms with Crippen molar-refractivity contribution in [1.29, 1.82) is 0 Å². The first-order valence-electron chi connectivity index (χ1n) is 8.00. The van der Waals surface area contributed by atoms with Crippen LogP contribution in [0.2, 0.25) is 0 Å². The molecule has 0 saturated heterocycles. The van der Waals surface area contributed by atoms with Gasteiger partial charge in [-0.3, -0.25) is 4.99 Å². The molecular weight excluding hydrogens is 365 g/mol. The molecule has 2 N–H and O–H groups in total. The number of halogens is 3. The van der Waals surface area contributed by atoms with Crippen molar-refractivity contribution in [2.24, 2.45) is 4.99 Å². The van der Waals surface area contributed by atoms with E-state index in [1.54, 1.807) is 36.6 Å². The van der Waals surface area contributed by atoms with Crippen molar-refractivity contribution in [3.8, 4) is 5.75 Å². The minimum atomic E-state index is -4.37. The fourth-order valence-corrected chi connectivity index (χ4v) is 2.94. The Labute approximate surface area is 154 Å². The number of nitrogens with one attached hydrogen (secondary N) is 2. The summed E-state index contributed by atoms with van der Waals surface area (Å²) in [4.78, 5) is 9.57. The molecule has 2 aromatic rings. The Hall–Kier alpha value is -2.29. The van der Waals surface area contributed by atoms with Crippen LogP contribution in [0, 0.1) is 6.92 Å². The van der Waals surface area contributed by atoms with Crippen molar-refractivity contribution in [3.63, 3.8) is 0 Å². The molecule has 0 aliphatic rings. The molecule has 0 amide bonds. The van der Waals surface area contributed by atoms with E-state index >= 15 is 0 Å². The number of benzene rings is 1. The van der Waals surface area contributed by atoms with Crippen molar-refractivity contribution >= 4 is 17.3 Å². The van der Waals surface area contributed by atoms with E-state index in [1.807, 2.05) is 13.1 Å². The van der Waals surface area contributed by atoms with Gasteiger partial charge in [-0.05, 0) is 13.0 Å². The lowest BCUT2D eigenvalue weighted by molar-refractivity contribution is -0.153. The van der Waals surface area contributed by atoms with Gasteiger partial charge in [0.25, 0.3) is 0 Å². The molecule has 0 radical (unpaired) electrons. The number of alkyl halides is 3. The van der Waals surface area contributed by atoms with Gasteiger partial charge in [-0.25, -0.2) is 4.98 Å². The topological polar surface area (TPSA) is 58.5 Å². The number of para-hydroxylation sites is 1. The summed E-state index contributed by atoms with van der Waals surface area (Å²) in [7, 11) is 1.63. The van der Waals surface area contributed by atoms with Crippen molar-refractivity contribution < 1.29 is 17.9 Å². The molecule has 142 valence electrons. The third-order valence-electron chi connectivity index (χ3n) is 3.33. The zero-order valence-corrected chi connectivity index (χ0v) is 15.4. The average Bonchev–Trinajstić information content (AvgIpc) is 3.01. The quantitative estimate of drug-likeness (QED) is 0.566. The maximum absolute atomic E-state index is 12.3. The van der Waals surface area contributed by atoms with Crippen molar-refractivity contribution in [3.05, 3.63) is 45.9 Å². The van der Waals surface area contributed by atoms with Gasteiger partial charge in [-0.15, -0.1) is 11.3 Å². The summed E-state index contributed by atoms with van der Waals surface area (Å²) in [5, 5.41) is 7.27. The Morgan fingerprint density at radius 3 is 2.69 bits per heavy atom. The maximum atomic E-state index is 12.3. The highest BCUT2D eigenvalue weighted by atomic mass is 32.1. The van der Waals surface area contributed by atoms with E-state index in [0.29, 0.717) is 24.6 Å². The molecule has 0 aliphatic heterocycles. The smallest absolute Gasteiger partial charge is 0.422 e. The number of aliphatic imine (C=N–C) groups is 1. The first kappa shape index (κ1) is 20.0. The molecule has 0 fully saturated rings. The van der Waals surface area contributed by atoms with Gasteiger partial charge in [0.15, 0.2) is 12.6 Å². The predicted octanol–water partition coefficient (Wildman–Crippen LogP) is 3.30. The number of guanidine groups is 1. The SMILES string of the molecule is CN=C(NCCc1ncc(C)s1)NCc1ccccc1OCC(F)(F)F. The fourth-order valence-electron chi connectivity index (χ4n) is 2.15. The van der Waals surface area contributed by atoms with Gasteiger partial charge < -0.3 is 15.4 Å². The number of nitrogens with zero attached hydrogens (tertiary/aromatic N) is 2. The molecule has 0 unspecified atom stereocenters. The molecule has 1 aromatic carbocycles. The second kappa shape index (κ2) is 9.42. The van der Waals surface area contributed by atoms with Gasteiger partial charge >= 0.3 is 6.18 Å². The van der Waals surface area contributed by atoms with Crippen LogP contribution in [-0.2, 0) is 13.0 Å². The van der Waals surface area contributed by atoms with Crippen LogP contribution in [0.3, 0.4) is 0 Å². The number of rotatable bonds is 7. The van der Waals surface area contributed by atoms with E-state index in [-0.39, 0.29) is 5.75 Å². The average molecular weight is 386 g/mol. The van der Waals surface area contributed by atoms with E-state index in [4.69, 9.17) is 4.74 Å². The van der Waals surface area contributed by atoms with Gasteiger partial charge in [-0.2, -0.15) is 13.2 Å². The number of aryl methyl sites for hydroxylation is 1. The number of thiazole rings is 1. The van der Waals surface area contributed by atoms with Crippen LogP contribution in [0.1, 0.15) is 15.4 Å². The molecule has 0 aliphatic carbocycles. The molecular formula is C17H21F3N4OS. The lowest BCUT2D eigenvalue weighted by atomic mass is 10.2. The molecule has 0 spiro atoms. The van der Waals surface area contributed by atoms with E-state index < -0.39 is 12.8 Å². The third kappa shape index (κ3) is 6.91. The second-order valence-electron chi connectivity index (χ2n) is 5.48. The minimum Gasteiger partial charge on any atom is -0.484 e. The molecule has 0 saturated carbocycles. The zero-order valence-electron chi connectivity index (χ0n) is 14.6. The van der Waals surface area contributed by atoms with Crippen molar-refractivity contribution in [1.82, 2.24) is 15.6 Å². The van der Waals surface area contributed by atoms with Crippen LogP contribution in [0.5, 0.6) is 5.75 Å². The van der Waals surface area contributed by atoms with Crippen molar-refractivity contribution in [2.75, 3.05) is 20.2 Å². The van der Waals surface area contributed by atoms with Gasteiger partial charge in [0, 0.05) is 43.2 Å². The predicted molar refractivity (Wildman–Crippen MR) is 96.7 cm³/mol. The largest absolute Gasteiger partial charge is 0.484 e. The molecule has 0 bridgehead atoms. The number of ether oxygens (including phenoxy) is 1. The van der Waals surface area contributed by atoms with Gasteiger partial charge in [0.1, 0.15) is 5.75 Å². The highest BCUT2D eigenvalue weighted by molar-refractivity contribution is 7.11. The summed E-state index contributed by atoms with van der Waals surface area (Å²) >= 11 is 1.65. The van der Waals surface area contributed by atoms with Crippen molar-refractivity contribution in [2.45, 2.75) is 26.1 Å². The van der Waals surface area contributed by atoms with Crippen LogP contribution in [0.4, 0.5) is 13.2 Å². The Kier molecular flexibility index (Phi) is 7.26. The van der Waals surface area contributed by atoms with Crippen LogP contribution in [0.25, 0.3) is 0 Å². The normalized spacial score (nSPS) is 12.1. The standard InChI is InChI=1S/C17H21F3N4OS/c1-12-9-23-15(26-12)7-8-22-16(21-2)24-10-13-5-3-4-6-14(13)25-11-17(18,19)20/h3-6,9H,7-8,10-11H2,1-2H3,(H2,21,22,24). The van der Waals surface area contributed by atoms with Crippen LogP contribution >= 0.6 is 11.3 Å². The summed E-state index contributed by atoms with van der Waals surface area (Å²) in [6, 6.07) is 6.62. The lowest BCUT2D eigenvalue weighted by Gasteiger charge is -2.15. The van der Waals surface area contributed by atoms with E-state index in [9.17, 15) is 13.2 Å². The molecule has 5 nitrogen and oxygen atoms in total. The second-order valence-corrected chi connectivity index (χ2v) is 6.80. The summed E-state index contributed by atoms with van der Waals surface area (Å²) in [6.07, 6.45) is -1.76. The Balaban J connectivity index is 1.84. The molecule has 9 heteroatoms. The summed E-state index contributed by atoms with van der Waals surface area (Å²) in [5.41, 5.74) is 0.621. The molecule has 2 rings (SSSR count). The van der Waals surface area contributed by atoms with Gasteiger partial charge in [0.05, 0.1) is 5.01 Å². The van der Waals surface area contributed by atoms with Crippen LogP contribution in [0.15, 0.2) is 35.5 Å². The van der Waals surface area contributed by atoms with Crippen LogP contribution in [-0.4, -0.2) is 37.3 Å². The fraction of sp³-hybridized carbons (Fsp3) is 0.412. The summed E-state index contributed by atoms with van der Waals surface area (Å²) in [5.74, 6) is 0.759. The zero-order chi connectivity index (χ0) is 19.0. The number of hydrogen-bond acceptors (Lipinski definition) is 4. The van der Waals surface area contributed by atoms with E-state index in [1.165, 1.54) is 6.07 Å². The Bertz CT molecular complexity index is 731.